The van der Waals surface area contributed by atoms with Crippen molar-refractivity contribution in [2.45, 2.75) is 13.5 Å². The number of anilines is 2. The number of nitrogens with one attached hydrogen (secondary N) is 2. The zero-order valence-electron chi connectivity index (χ0n) is 15.9. The minimum absolute atomic E-state index is 0.0801. The monoisotopic (exact) mass is 416 g/mol. The maximum absolute atomic E-state index is 12.5. The van der Waals surface area contributed by atoms with Crippen molar-refractivity contribution in [3.05, 3.63) is 59.0 Å². The van der Waals surface area contributed by atoms with E-state index in [-0.39, 0.29) is 29.3 Å². The van der Waals surface area contributed by atoms with Crippen LogP contribution in [-0.2, 0) is 21.4 Å². The second-order valence-electron chi connectivity index (χ2n) is 6.14. The highest BCUT2D eigenvalue weighted by atomic mass is 32.2. The number of para-hydroxylation sites is 2. The van der Waals surface area contributed by atoms with E-state index in [4.69, 9.17) is 4.74 Å². The molecule has 9 nitrogen and oxygen atoms in total. The quantitative estimate of drug-likeness (QED) is 0.606. The van der Waals surface area contributed by atoms with E-state index in [9.17, 15) is 18.0 Å². The first-order valence-corrected chi connectivity index (χ1v) is 10.4. The molecule has 0 radical (unpaired) electrons. The number of amides is 1. The van der Waals surface area contributed by atoms with Gasteiger partial charge >= 0.3 is 0 Å². The molecule has 0 saturated carbocycles. The van der Waals surface area contributed by atoms with E-state index in [1.807, 2.05) is 0 Å². The maximum atomic E-state index is 12.5. The first kappa shape index (κ1) is 20.3. The minimum Gasteiger partial charge on any atom is -0.494 e. The molecule has 0 fully saturated rings. The first-order chi connectivity index (χ1) is 13.8. The molecule has 0 bridgehead atoms. The number of fused-ring (bicyclic) bond motifs is 1. The Bertz CT molecular complexity index is 1220. The number of aromatic nitrogens is 2. The van der Waals surface area contributed by atoms with E-state index in [1.54, 1.807) is 30.3 Å². The number of hydrogen-bond donors (Lipinski definition) is 2. The highest BCUT2D eigenvalue weighted by Crippen LogP contribution is 2.28. The fourth-order valence-corrected chi connectivity index (χ4v) is 3.36. The number of carbonyl (C=O) groups excluding carboxylic acids is 1. The van der Waals surface area contributed by atoms with Gasteiger partial charge in [-0.15, -0.1) is 0 Å². The molecule has 0 atom stereocenters. The molecule has 2 N–H and O–H groups in total. The number of nitrogens with zero attached hydrogens (tertiary/aromatic N) is 2. The molecule has 0 aliphatic rings. The van der Waals surface area contributed by atoms with Gasteiger partial charge in [-0.25, -0.2) is 13.4 Å². The van der Waals surface area contributed by atoms with Gasteiger partial charge in [-0.2, -0.15) is 0 Å². The second-order valence-corrected chi connectivity index (χ2v) is 8.15. The van der Waals surface area contributed by atoms with Gasteiger partial charge in [0.2, 0.25) is 15.9 Å². The molecule has 3 rings (SSSR count). The van der Waals surface area contributed by atoms with Crippen molar-refractivity contribution in [2.75, 3.05) is 22.9 Å². The molecule has 10 heteroatoms. The average molecular weight is 416 g/mol. The Morgan fingerprint density at radius 2 is 1.97 bits per heavy atom. The van der Waals surface area contributed by atoms with Crippen molar-refractivity contribution in [3.63, 3.8) is 0 Å². The molecule has 0 aliphatic carbocycles. The van der Waals surface area contributed by atoms with Crippen molar-refractivity contribution >= 4 is 38.3 Å². The largest absolute Gasteiger partial charge is 0.494 e. The van der Waals surface area contributed by atoms with Gasteiger partial charge in [0, 0.05) is 11.8 Å². The lowest BCUT2D eigenvalue weighted by molar-refractivity contribution is -0.116. The van der Waals surface area contributed by atoms with Crippen LogP contribution in [0.3, 0.4) is 0 Å². The lowest BCUT2D eigenvalue weighted by atomic mass is 10.2. The zero-order chi connectivity index (χ0) is 21.0. The number of benzene rings is 2. The summed E-state index contributed by atoms with van der Waals surface area (Å²) in [6, 6.07) is 11.6. The van der Waals surface area contributed by atoms with Gasteiger partial charge in [-0.1, -0.05) is 12.1 Å². The molecule has 0 aliphatic heterocycles. The van der Waals surface area contributed by atoms with Crippen molar-refractivity contribution in [1.82, 2.24) is 9.55 Å². The van der Waals surface area contributed by atoms with Gasteiger partial charge in [0.15, 0.2) is 0 Å². The molecule has 152 valence electrons. The van der Waals surface area contributed by atoms with Crippen LogP contribution >= 0.6 is 0 Å². The molecule has 0 spiro atoms. The summed E-state index contributed by atoms with van der Waals surface area (Å²) in [5.41, 5.74) is 1.44. The van der Waals surface area contributed by atoms with E-state index < -0.39 is 15.9 Å². The summed E-state index contributed by atoms with van der Waals surface area (Å²) in [7, 11) is -2.07. The standard InChI is InChI=1S/C19H20N4O5S/c1-3-29(26,27)22-15-9-8-13(10-17(15)28-2)21-18(24)12-23-16-7-5-4-6-14(16)20-11-19(23)25/h4-11,22H,3,12H2,1-2H3,(H,21,24). The molecule has 1 aromatic heterocycles. The van der Waals surface area contributed by atoms with Crippen LogP contribution < -0.4 is 20.3 Å². The van der Waals surface area contributed by atoms with Crippen LogP contribution in [0.25, 0.3) is 11.0 Å². The Balaban J connectivity index is 1.81. The number of methoxy groups -OCH3 is 1. The smallest absolute Gasteiger partial charge is 0.269 e. The highest BCUT2D eigenvalue weighted by Gasteiger charge is 2.14. The van der Waals surface area contributed by atoms with E-state index in [2.05, 4.69) is 15.0 Å². The molecular formula is C19H20N4O5S. The van der Waals surface area contributed by atoms with Crippen LogP contribution in [0.4, 0.5) is 11.4 Å². The summed E-state index contributed by atoms with van der Waals surface area (Å²) in [6.45, 7) is 1.32. The average Bonchev–Trinajstić information content (AvgIpc) is 2.71. The van der Waals surface area contributed by atoms with Gasteiger partial charge in [0.25, 0.3) is 5.56 Å². The fourth-order valence-electron chi connectivity index (χ4n) is 2.71. The van der Waals surface area contributed by atoms with Crippen LogP contribution in [0.5, 0.6) is 5.75 Å². The van der Waals surface area contributed by atoms with E-state index in [1.165, 1.54) is 36.9 Å². The van der Waals surface area contributed by atoms with Gasteiger partial charge in [-0.05, 0) is 31.2 Å². The lowest BCUT2D eigenvalue weighted by Gasteiger charge is -2.14. The number of sulfonamides is 1. The lowest BCUT2D eigenvalue weighted by Crippen LogP contribution is -2.28. The normalized spacial score (nSPS) is 11.2. The van der Waals surface area contributed by atoms with E-state index in [0.29, 0.717) is 16.7 Å². The van der Waals surface area contributed by atoms with Crippen molar-refractivity contribution < 1.29 is 17.9 Å². The third kappa shape index (κ3) is 4.72. The Morgan fingerprint density at radius 1 is 1.21 bits per heavy atom. The zero-order valence-corrected chi connectivity index (χ0v) is 16.7. The highest BCUT2D eigenvalue weighted by molar-refractivity contribution is 7.92. The summed E-state index contributed by atoms with van der Waals surface area (Å²) in [4.78, 5) is 28.7. The fraction of sp³-hybridized carbons (Fsp3) is 0.211. The minimum atomic E-state index is -3.47. The van der Waals surface area contributed by atoms with Crippen LogP contribution in [0.1, 0.15) is 6.92 Å². The first-order valence-electron chi connectivity index (χ1n) is 8.76. The van der Waals surface area contributed by atoms with Gasteiger partial charge in [0.1, 0.15) is 12.3 Å². The third-order valence-corrected chi connectivity index (χ3v) is 5.48. The van der Waals surface area contributed by atoms with Crippen LogP contribution in [0.15, 0.2) is 53.5 Å². The summed E-state index contributed by atoms with van der Waals surface area (Å²) >= 11 is 0. The van der Waals surface area contributed by atoms with Crippen molar-refractivity contribution in [1.29, 1.82) is 0 Å². The third-order valence-electron chi connectivity index (χ3n) is 4.19. The molecular weight excluding hydrogens is 396 g/mol. The van der Waals surface area contributed by atoms with Crippen molar-refractivity contribution in [2.24, 2.45) is 0 Å². The number of carbonyl (C=O) groups is 1. The topological polar surface area (TPSA) is 119 Å². The molecule has 1 heterocycles. The maximum Gasteiger partial charge on any atom is 0.269 e. The Kier molecular flexibility index (Phi) is 5.83. The Morgan fingerprint density at radius 3 is 2.69 bits per heavy atom. The van der Waals surface area contributed by atoms with E-state index >= 15 is 0 Å². The van der Waals surface area contributed by atoms with E-state index in [0.717, 1.165) is 0 Å². The summed E-state index contributed by atoms with van der Waals surface area (Å²) in [5, 5.41) is 2.68. The number of rotatable bonds is 7. The number of ether oxygens (including phenoxy) is 1. The van der Waals surface area contributed by atoms with Gasteiger partial charge < -0.3 is 10.1 Å². The number of hydrogen-bond acceptors (Lipinski definition) is 6. The molecule has 1 amide bonds. The second kappa shape index (κ2) is 8.31. The summed E-state index contributed by atoms with van der Waals surface area (Å²) in [5.74, 6) is -0.248. The van der Waals surface area contributed by atoms with Gasteiger partial charge in [-0.3, -0.25) is 18.9 Å². The van der Waals surface area contributed by atoms with Crippen molar-refractivity contribution in [3.8, 4) is 5.75 Å². The molecule has 2 aromatic carbocycles. The Hall–Kier alpha value is -3.40. The predicted octanol–water partition coefficient (Wildman–Crippen LogP) is 1.81. The summed E-state index contributed by atoms with van der Waals surface area (Å²) < 4.78 is 32.5. The van der Waals surface area contributed by atoms with Crippen LogP contribution in [-0.4, -0.2) is 36.7 Å². The SMILES string of the molecule is CCS(=O)(=O)Nc1ccc(NC(=O)Cn2c(=O)cnc3ccccc32)cc1OC. The van der Waals surface area contributed by atoms with Crippen LogP contribution in [0.2, 0.25) is 0 Å². The molecule has 0 saturated heterocycles. The molecule has 29 heavy (non-hydrogen) atoms. The van der Waals surface area contributed by atoms with Gasteiger partial charge in [0.05, 0.1) is 35.8 Å². The predicted molar refractivity (Wildman–Crippen MR) is 111 cm³/mol. The van der Waals surface area contributed by atoms with Crippen LogP contribution in [0, 0.1) is 0 Å². The molecule has 3 aromatic rings. The summed E-state index contributed by atoms with van der Waals surface area (Å²) in [6.07, 6.45) is 1.17. The Labute approximate surface area is 167 Å². The molecule has 0 unspecified atom stereocenters.